The highest BCUT2D eigenvalue weighted by atomic mass is 16.2. The normalized spacial score (nSPS) is 20.8. The molecule has 3 rings (SSSR count). The van der Waals surface area contributed by atoms with Crippen molar-refractivity contribution in [2.24, 2.45) is 5.92 Å². The van der Waals surface area contributed by atoms with Crippen LogP contribution in [0, 0.1) is 5.92 Å². The van der Waals surface area contributed by atoms with Gasteiger partial charge in [-0.15, -0.1) is 0 Å². The van der Waals surface area contributed by atoms with Gasteiger partial charge in [0.25, 0.3) is 0 Å². The first-order chi connectivity index (χ1) is 10.6. The van der Waals surface area contributed by atoms with Gasteiger partial charge in [0.2, 0.25) is 17.7 Å². The lowest BCUT2D eigenvalue weighted by Crippen LogP contribution is -2.40. The molecule has 1 saturated heterocycles. The van der Waals surface area contributed by atoms with Crippen molar-refractivity contribution in [3.63, 3.8) is 0 Å². The Morgan fingerprint density at radius 1 is 1.18 bits per heavy atom. The number of nitrogens with one attached hydrogen (secondary N) is 2. The molecule has 0 radical (unpaired) electrons. The number of rotatable bonds is 5. The van der Waals surface area contributed by atoms with Crippen LogP contribution in [0.2, 0.25) is 0 Å². The molecular formula is C16H19N3O3. The maximum Gasteiger partial charge on any atom is 0.239 e. The van der Waals surface area contributed by atoms with E-state index in [1.807, 2.05) is 30.3 Å². The Hall–Kier alpha value is -2.37. The molecule has 6 heteroatoms. The molecule has 22 heavy (non-hydrogen) atoms. The maximum absolute atomic E-state index is 12.1. The van der Waals surface area contributed by atoms with Crippen molar-refractivity contribution in [1.29, 1.82) is 0 Å². The molecule has 1 aromatic carbocycles. The summed E-state index contributed by atoms with van der Waals surface area (Å²) in [5.74, 6) is -0.868. The lowest BCUT2D eigenvalue weighted by atomic mass is 10.1. The molecule has 3 amide bonds. The molecule has 0 bridgehead atoms. The van der Waals surface area contributed by atoms with E-state index < -0.39 is 5.92 Å². The summed E-state index contributed by atoms with van der Waals surface area (Å²) in [6.45, 7) is 0.338. The molecule has 1 aliphatic carbocycles. The molecule has 1 aromatic rings. The third kappa shape index (κ3) is 3.44. The Labute approximate surface area is 128 Å². The van der Waals surface area contributed by atoms with Gasteiger partial charge in [-0.1, -0.05) is 18.2 Å². The maximum atomic E-state index is 12.1. The summed E-state index contributed by atoms with van der Waals surface area (Å²) in [5.41, 5.74) is 0.800. The van der Waals surface area contributed by atoms with Gasteiger partial charge in [-0.25, -0.2) is 0 Å². The highest BCUT2D eigenvalue weighted by molar-refractivity contribution is 6.00. The van der Waals surface area contributed by atoms with E-state index in [0.717, 1.165) is 18.5 Å². The van der Waals surface area contributed by atoms with Gasteiger partial charge >= 0.3 is 0 Å². The van der Waals surface area contributed by atoms with Crippen LogP contribution in [0.25, 0.3) is 0 Å². The summed E-state index contributed by atoms with van der Waals surface area (Å²) in [6, 6.07) is 9.58. The van der Waals surface area contributed by atoms with Gasteiger partial charge in [-0.05, 0) is 25.0 Å². The van der Waals surface area contributed by atoms with Crippen LogP contribution in [-0.2, 0) is 14.4 Å². The SMILES string of the molecule is O=C(CNC(=O)[C@H]1CC(=O)N(c2ccccc2)C1)NC1CC1. The first kappa shape index (κ1) is 14.6. The first-order valence-corrected chi connectivity index (χ1v) is 7.56. The average molecular weight is 301 g/mol. The summed E-state index contributed by atoms with van der Waals surface area (Å²) >= 11 is 0. The highest BCUT2D eigenvalue weighted by Crippen LogP contribution is 2.24. The molecule has 2 N–H and O–H groups in total. The van der Waals surface area contributed by atoms with E-state index in [0.29, 0.717) is 6.54 Å². The van der Waals surface area contributed by atoms with E-state index >= 15 is 0 Å². The molecular weight excluding hydrogens is 282 g/mol. The van der Waals surface area contributed by atoms with E-state index in [4.69, 9.17) is 0 Å². The molecule has 116 valence electrons. The molecule has 0 unspecified atom stereocenters. The number of hydrogen-bond donors (Lipinski definition) is 2. The van der Waals surface area contributed by atoms with Crippen LogP contribution >= 0.6 is 0 Å². The molecule has 6 nitrogen and oxygen atoms in total. The van der Waals surface area contributed by atoms with Crippen LogP contribution in [0.5, 0.6) is 0 Å². The van der Waals surface area contributed by atoms with Crippen molar-refractivity contribution in [3.8, 4) is 0 Å². The fourth-order valence-corrected chi connectivity index (χ4v) is 2.56. The largest absolute Gasteiger partial charge is 0.352 e. The van der Waals surface area contributed by atoms with E-state index in [1.165, 1.54) is 0 Å². The van der Waals surface area contributed by atoms with Crippen LogP contribution in [-0.4, -0.2) is 36.9 Å². The topological polar surface area (TPSA) is 78.5 Å². The van der Waals surface area contributed by atoms with E-state index in [-0.39, 0.29) is 36.7 Å². The third-order valence-corrected chi connectivity index (χ3v) is 3.93. The Balaban J connectivity index is 1.51. The van der Waals surface area contributed by atoms with Crippen LogP contribution < -0.4 is 15.5 Å². The number of hydrogen-bond acceptors (Lipinski definition) is 3. The molecule has 0 aromatic heterocycles. The van der Waals surface area contributed by atoms with Gasteiger partial charge in [-0.2, -0.15) is 0 Å². The monoisotopic (exact) mass is 301 g/mol. The van der Waals surface area contributed by atoms with E-state index in [9.17, 15) is 14.4 Å². The summed E-state index contributed by atoms with van der Waals surface area (Å²) in [6.07, 6.45) is 2.22. The van der Waals surface area contributed by atoms with E-state index in [2.05, 4.69) is 10.6 Å². The van der Waals surface area contributed by atoms with Crippen LogP contribution in [0.15, 0.2) is 30.3 Å². The number of benzene rings is 1. The molecule has 1 atom stereocenters. The molecule has 2 aliphatic rings. The predicted octanol–water partition coefficient (Wildman–Crippen LogP) is 0.434. The Morgan fingerprint density at radius 2 is 1.91 bits per heavy atom. The Kier molecular flexibility index (Phi) is 4.09. The quantitative estimate of drug-likeness (QED) is 0.828. The summed E-state index contributed by atoms with van der Waals surface area (Å²) < 4.78 is 0. The van der Waals surface area contributed by atoms with Crippen molar-refractivity contribution < 1.29 is 14.4 Å². The third-order valence-electron chi connectivity index (χ3n) is 3.93. The molecule has 1 heterocycles. The molecule has 0 spiro atoms. The number of para-hydroxylation sites is 1. The number of carbonyl (C=O) groups excluding carboxylic acids is 3. The minimum Gasteiger partial charge on any atom is -0.352 e. The van der Waals surface area contributed by atoms with Crippen molar-refractivity contribution >= 4 is 23.4 Å². The summed E-state index contributed by atoms with van der Waals surface area (Å²) in [7, 11) is 0. The average Bonchev–Trinajstić information content (AvgIpc) is 3.25. The fourth-order valence-electron chi connectivity index (χ4n) is 2.56. The fraction of sp³-hybridized carbons (Fsp3) is 0.438. The second kappa shape index (κ2) is 6.17. The lowest BCUT2D eigenvalue weighted by molar-refractivity contribution is -0.129. The van der Waals surface area contributed by atoms with Gasteiger partial charge in [-0.3, -0.25) is 14.4 Å². The van der Waals surface area contributed by atoms with Gasteiger partial charge < -0.3 is 15.5 Å². The second-order valence-electron chi connectivity index (χ2n) is 5.80. The van der Waals surface area contributed by atoms with Crippen LogP contribution in [0.4, 0.5) is 5.69 Å². The number of carbonyl (C=O) groups is 3. The standard InChI is InChI=1S/C16H19N3O3/c20-14(18-12-6-7-12)9-17-16(22)11-8-15(21)19(10-11)13-4-2-1-3-5-13/h1-5,11-12H,6-10H2,(H,17,22)(H,18,20)/t11-/m0/s1. The zero-order valence-corrected chi connectivity index (χ0v) is 12.2. The Bertz CT molecular complexity index is 584. The second-order valence-corrected chi connectivity index (χ2v) is 5.80. The first-order valence-electron chi connectivity index (χ1n) is 7.56. The predicted molar refractivity (Wildman–Crippen MR) is 81.1 cm³/mol. The van der Waals surface area contributed by atoms with Gasteiger partial charge in [0, 0.05) is 24.7 Å². The van der Waals surface area contributed by atoms with Gasteiger partial charge in [0.05, 0.1) is 12.5 Å². The Morgan fingerprint density at radius 3 is 2.59 bits per heavy atom. The smallest absolute Gasteiger partial charge is 0.239 e. The van der Waals surface area contributed by atoms with Crippen molar-refractivity contribution in [2.75, 3.05) is 18.0 Å². The van der Waals surface area contributed by atoms with Crippen molar-refractivity contribution in [1.82, 2.24) is 10.6 Å². The van der Waals surface area contributed by atoms with Crippen molar-refractivity contribution in [3.05, 3.63) is 30.3 Å². The van der Waals surface area contributed by atoms with Crippen molar-refractivity contribution in [2.45, 2.75) is 25.3 Å². The zero-order valence-electron chi connectivity index (χ0n) is 12.2. The van der Waals surface area contributed by atoms with Crippen LogP contribution in [0.1, 0.15) is 19.3 Å². The highest BCUT2D eigenvalue weighted by Gasteiger charge is 2.35. The minimum absolute atomic E-state index is 0.0225. The number of anilines is 1. The summed E-state index contributed by atoms with van der Waals surface area (Å²) in [4.78, 5) is 37.3. The lowest BCUT2D eigenvalue weighted by Gasteiger charge is -2.16. The summed E-state index contributed by atoms with van der Waals surface area (Å²) in [5, 5.41) is 5.43. The van der Waals surface area contributed by atoms with Gasteiger partial charge in [0.1, 0.15) is 0 Å². The van der Waals surface area contributed by atoms with Crippen LogP contribution in [0.3, 0.4) is 0 Å². The molecule has 2 fully saturated rings. The van der Waals surface area contributed by atoms with Gasteiger partial charge in [0.15, 0.2) is 0 Å². The zero-order chi connectivity index (χ0) is 15.5. The minimum atomic E-state index is -0.401. The molecule has 1 saturated carbocycles. The number of nitrogens with zero attached hydrogens (tertiary/aromatic N) is 1. The number of amides is 3. The molecule has 1 aliphatic heterocycles. The van der Waals surface area contributed by atoms with E-state index in [1.54, 1.807) is 4.90 Å².